The Kier molecular flexibility index (Phi) is 5.92. The minimum atomic E-state index is -0.227. The summed E-state index contributed by atoms with van der Waals surface area (Å²) < 4.78 is 0. The first-order chi connectivity index (χ1) is 16.8. The molecule has 178 valence electrons. The summed E-state index contributed by atoms with van der Waals surface area (Å²) in [6.07, 6.45) is 3.21. The van der Waals surface area contributed by atoms with Crippen molar-refractivity contribution in [2.24, 2.45) is 11.3 Å². The Morgan fingerprint density at radius 3 is 1.51 bits per heavy atom. The zero-order valence-corrected chi connectivity index (χ0v) is 20.8. The Labute approximate surface area is 208 Å². The lowest BCUT2D eigenvalue weighted by Crippen LogP contribution is -2.41. The van der Waals surface area contributed by atoms with E-state index < -0.39 is 0 Å². The predicted octanol–water partition coefficient (Wildman–Crippen LogP) is 8.56. The van der Waals surface area contributed by atoms with Gasteiger partial charge in [-0.25, -0.2) is 0 Å². The molecule has 1 fully saturated rings. The first-order valence-corrected chi connectivity index (χ1v) is 12.6. The summed E-state index contributed by atoms with van der Waals surface area (Å²) in [5, 5.41) is 21.6. The lowest BCUT2D eigenvalue weighted by molar-refractivity contribution is 0.127. The van der Waals surface area contributed by atoms with Crippen LogP contribution in [-0.2, 0) is 5.41 Å². The van der Waals surface area contributed by atoms with E-state index in [0.29, 0.717) is 17.4 Å². The average Bonchev–Trinajstić information content (AvgIpc) is 2.84. The Balaban J connectivity index is 1.73. The summed E-state index contributed by atoms with van der Waals surface area (Å²) in [5.41, 5.74) is 6.13. The molecule has 1 unspecified atom stereocenters. The monoisotopic (exact) mass is 462 g/mol. The fourth-order valence-electron chi connectivity index (χ4n) is 6.54. The first-order valence-electron chi connectivity index (χ1n) is 12.6. The standard InChI is InChI=1S/C33H34O2/c1-23-20-32(2,3)22-33(21-23,26-14-16-30(34)28(18-26)24-10-6-4-7-11-24)27-15-17-31(35)29(19-27)25-12-8-5-9-13-25/h4-19,23,34-35H,20-22H2,1-3H3. The molecular formula is C33H34O2. The number of aromatic hydroxyl groups is 2. The molecule has 0 bridgehead atoms. The van der Waals surface area contributed by atoms with Gasteiger partial charge in [-0.15, -0.1) is 0 Å². The molecule has 2 nitrogen and oxygen atoms in total. The lowest BCUT2D eigenvalue weighted by Gasteiger charge is -2.49. The first kappa shape index (κ1) is 23.2. The molecular weight excluding hydrogens is 428 g/mol. The number of hydrogen-bond acceptors (Lipinski definition) is 2. The second kappa shape index (κ2) is 8.92. The molecule has 1 aliphatic rings. The van der Waals surface area contributed by atoms with Gasteiger partial charge in [0.2, 0.25) is 0 Å². The van der Waals surface area contributed by atoms with Crippen molar-refractivity contribution in [1.29, 1.82) is 0 Å². The Morgan fingerprint density at radius 2 is 1.09 bits per heavy atom. The number of benzene rings is 4. The molecule has 0 radical (unpaired) electrons. The third-order valence-corrected chi connectivity index (χ3v) is 7.65. The normalized spacial score (nSPS) is 18.8. The predicted molar refractivity (Wildman–Crippen MR) is 145 cm³/mol. The van der Waals surface area contributed by atoms with Crippen LogP contribution >= 0.6 is 0 Å². The third-order valence-electron chi connectivity index (χ3n) is 7.65. The lowest BCUT2D eigenvalue weighted by atomic mass is 9.55. The van der Waals surface area contributed by atoms with E-state index in [-0.39, 0.29) is 10.8 Å². The maximum atomic E-state index is 10.8. The maximum absolute atomic E-state index is 10.8. The van der Waals surface area contributed by atoms with E-state index in [1.165, 1.54) is 17.5 Å². The van der Waals surface area contributed by atoms with Gasteiger partial charge < -0.3 is 10.2 Å². The molecule has 1 aliphatic carbocycles. The van der Waals surface area contributed by atoms with Crippen LogP contribution in [0.2, 0.25) is 0 Å². The van der Waals surface area contributed by atoms with Crippen LogP contribution in [0.3, 0.4) is 0 Å². The third kappa shape index (κ3) is 4.46. The highest BCUT2D eigenvalue weighted by atomic mass is 16.3. The Bertz CT molecular complexity index is 1230. The van der Waals surface area contributed by atoms with Crippen molar-refractivity contribution in [3.63, 3.8) is 0 Å². The molecule has 2 N–H and O–H groups in total. The molecule has 0 amide bonds. The van der Waals surface area contributed by atoms with Crippen molar-refractivity contribution in [1.82, 2.24) is 0 Å². The summed E-state index contributed by atoms with van der Waals surface area (Å²) in [6.45, 7) is 7.09. The van der Waals surface area contributed by atoms with Gasteiger partial charge >= 0.3 is 0 Å². The summed E-state index contributed by atoms with van der Waals surface area (Å²) >= 11 is 0. The molecule has 0 heterocycles. The van der Waals surface area contributed by atoms with Gasteiger partial charge in [-0.3, -0.25) is 0 Å². The van der Waals surface area contributed by atoms with Gasteiger partial charge in [0, 0.05) is 16.5 Å². The van der Waals surface area contributed by atoms with Crippen molar-refractivity contribution in [2.75, 3.05) is 0 Å². The van der Waals surface area contributed by atoms with Gasteiger partial charge in [-0.05, 0) is 77.1 Å². The summed E-state index contributed by atoms with van der Waals surface area (Å²) in [4.78, 5) is 0. The highest BCUT2D eigenvalue weighted by Gasteiger charge is 2.45. The largest absolute Gasteiger partial charge is 0.507 e. The van der Waals surface area contributed by atoms with Gasteiger partial charge in [-0.2, -0.15) is 0 Å². The van der Waals surface area contributed by atoms with E-state index in [1.54, 1.807) is 0 Å². The number of rotatable bonds is 4. The van der Waals surface area contributed by atoms with E-state index >= 15 is 0 Å². The van der Waals surface area contributed by atoms with Crippen molar-refractivity contribution < 1.29 is 10.2 Å². The van der Waals surface area contributed by atoms with Gasteiger partial charge in [0.05, 0.1) is 0 Å². The highest BCUT2D eigenvalue weighted by molar-refractivity contribution is 5.73. The van der Waals surface area contributed by atoms with Crippen LogP contribution in [0.15, 0.2) is 97.1 Å². The zero-order valence-electron chi connectivity index (χ0n) is 20.8. The quantitative estimate of drug-likeness (QED) is 0.319. The SMILES string of the molecule is CC1CC(C)(C)CC(c2ccc(O)c(-c3ccccc3)c2)(c2ccc(O)c(-c3ccccc3)c2)C1. The molecule has 4 aromatic rings. The van der Waals surface area contributed by atoms with Gasteiger partial charge in [-0.1, -0.05) is 93.6 Å². The molecule has 4 aromatic carbocycles. The van der Waals surface area contributed by atoms with Gasteiger partial charge in [0.25, 0.3) is 0 Å². The van der Waals surface area contributed by atoms with Crippen LogP contribution in [0.4, 0.5) is 0 Å². The minimum absolute atomic E-state index is 0.160. The average molecular weight is 463 g/mol. The number of hydrogen-bond donors (Lipinski definition) is 2. The minimum Gasteiger partial charge on any atom is -0.507 e. The van der Waals surface area contributed by atoms with Crippen molar-refractivity contribution in [2.45, 2.75) is 45.4 Å². The molecule has 0 saturated heterocycles. The van der Waals surface area contributed by atoms with E-state index in [4.69, 9.17) is 0 Å². The summed E-state index contributed by atoms with van der Waals surface area (Å²) in [6, 6.07) is 32.5. The molecule has 2 heteroatoms. The summed E-state index contributed by atoms with van der Waals surface area (Å²) in [5.74, 6) is 1.14. The molecule has 0 aromatic heterocycles. The van der Waals surface area contributed by atoms with Crippen molar-refractivity contribution in [3.8, 4) is 33.8 Å². The van der Waals surface area contributed by atoms with E-state index in [9.17, 15) is 10.2 Å². The number of phenolic OH excluding ortho intramolecular Hbond substituents is 2. The van der Waals surface area contributed by atoms with Crippen LogP contribution < -0.4 is 0 Å². The smallest absolute Gasteiger partial charge is 0.123 e. The molecule has 1 atom stereocenters. The zero-order chi connectivity index (χ0) is 24.6. The highest BCUT2D eigenvalue weighted by Crippen LogP contribution is 2.55. The van der Waals surface area contributed by atoms with E-state index in [0.717, 1.165) is 35.1 Å². The maximum Gasteiger partial charge on any atom is 0.123 e. The Morgan fingerprint density at radius 1 is 0.629 bits per heavy atom. The molecule has 0 spiro atoms. The molecule has 0 aliphatic heterocycles. The second-order valence-electron chi connectivity index (χ2n) is 11.1. The van der Waals surface area contributed by atoms with Crippen LogP contribution in [0.1, 0.15) is 51.2 Å². The van der Waals surface area contributed by atoms with Crippen LogP contribution in [-0.4, -0.2) is 10.2 Å². The van der Waals surface area contributed by atoms with Gasteiger partial charge in [0.15, 0.2) is 0 Å². The van der Waals surface area contributed by atoms with E-state index in [1.807, 2.05) is 72.8 Å². The van der Waals surface area contributed by atoms with Crippen LogP contribution in [0, 0.1) is 11.3 Å². The van der Waals surface area contributed by atoms with Crippen LogP contribution in [0.25, 0.3) is 22.3 Å². The topological polar surface area (TPSA) is 40.5 Å². The number of phenols is 2. The second-order valence-corrected chi connectivity index (χ2v) is 11.1. The Hall–Kier alpha value is -3.52. The molecule has 1 saturated carbocycles. The summed E-state index contributed by atoms with van der Waals surface area (Å²) in [7, 11) is 0. The van der Waals surface area contributed by atoms with E-state index in [2.05, 4.69) is 45.0 Å². The van der Waals surface area contributed by atoms with Gasteiger partial charge in [0.1, 0.15) is 11.5 Å². The fraction of sp³-hybridized carbons (Fsp3) is 0.273. The molecule has 35 heavy (non-hydrogen) atoms. The van der Waals surface area contributed by atoms with Crippen molar-refractivity contribution in [3.05, 3.63) is 108 Å². The van der Waals surface area contributed by atoms with Crippen LogP contribution in [0.5, 0.6) is 11.5 Å². The molecule has 5 rings (SSSR count). The fourth-order valence-corrected chi connectivity index (χ4v) is 6.54. The van der Waals surface area contributed by atoms with Crippen molar-refractivity contribution >= 4 is 0 Å².